The van der Waals surface area contributed by atoms with Crippen LogP contribution < -0.4 is 4.74 Å². The number of benzene rings is 1. The summed E-state index contributed by atoms with van der Waals surface area (Å²) in [6.07, 6.45) is 1.75. The van der Waals surface area contributed by atoms with Crippen LogP contribution in [0.1, 0.15) is 12.6 Å². The standard InChI is InChI=1S/C12H13FN2O/c1-3-15-9(2)8-14-12(15)16-11-6-4-10(13)5-7-11/h4-8H,3H2,1-2H3. The Kier molecular flexibility index (Phi) is 2.90. The number of hydrogen-bond acceptors (Lipinski definition) is 2. The molecule has 4 heteroatoms. The average Bonchev–Trinajstić information content (AvgIpc) is 2.63. The molecule has 0 atom stereocenters. The lowest BCUT2D eigenvalue weighted by atomic mass is 10.3. The van der Waals surface area contributed by atoms with E-state index in [9.17, 15) is 4.39 Å². The molecule has 0 aliphatic heterocycles. The molecule has 0 saturated heterocycles. The van der Waals surface area contributed by atoms with Crippen molar-refractivity contribution in [3.05, 3.63) is 42.0 Å². The molecule has 0 amide bonds. The molecule has 3 nitrogen and oxygen atoms in total. The van der Waals surface area contributed by atoms with E-state index in [-0.39, 0.29) is 5.82 Å². The highest BCUT2D eigenvalue weighted by atomic mass is 19.1. The zero-order valence-electron chi connectivity index (χ0n) is 9.27. The monoisotopic (exact) mass is 220 g/mol. The number of nitrogens with zero attached hydrogens (tertiary/aromatic N) is 2. The molecule has 1 heterocycles. The van der Waals surface area contributed by atoms with Gasteiger partial charge < -0.3 is 4.74 Å². The minimum Gasteiger partial charge on any atom is -0.426 e. The Morgan fingerprint density at radius 3 is 2.62 bits per heavy atom. The molecule has 2 aromatic rings. The summed E-state index contributed by atoms with van der Waals surface area (Å²) in [5.41, 5.74) is 1.04. The number of halogens is 1. The number of imidazole rings is 1. The molecule has 16 heavy (non-hydrogen) atoms. The smallest absolute Gasteiger partial charge is 0.302 e. The van der Waals surface area contributed by atoms with E-state index in [1.807, 2.05) is 18.4 Å². The Morgan fingerprint density at radius 2 is 2.00 bits per heavy atom. The summed E-state index contributed by atoms with van der Waals surface area (Å²) in [4.78, 5) is 4.15. The molecular weight excluding hydrogens is 207 g/mol. The van der Waals surface area contributed by atoms with E-state index in [1.165, 1.54) is 12.1 Å². The first kappa shape index (κ1) is 10.7. The van der Waals surface area contributed by atoms with E-state index in [0.29, 0.717) is 11.8 Å². The lowest BCUT2D eigenvalue weighted by Gasteiger charge is -2.07. The molecule has 0 bridgehead atoms. The van der Waals surface area contributed by atoms with Crippen molar-refractivity contribution in [3.63, 3.8) is 0 Å². The van der Waals surface area contributed by atoms with Crippen LogP contribution in [0.25, 0.3) is 0 Å². The van der Waals surface area contributed by atoms with Gasteiger partial charge in [0.1, 0.15) is 11.6 Å². The summed E-state index contributed by atoms with van der Waals surface area (Å²) in [6.45, 7) is 4.78. The number of aryl methyl sites for hydroxylation is 1. The van der Waals surface area contributed by atoms with Crippen molar-refractivity contribution in [1.29, 1.82) is 0 Å². The van der Waals surface area contributed by atoms with Gasteiger partial charge >= 0.3 is 6.01 Å². The van der Waals surface area contributed by atoms with Gasteiger partial charge in [0.05, 0.1) is 6.20 Å². The van der Waals surface area contributed by atoms with E-state index in [0.717, 1.165) is 12.2 Å². The summed E-state index contributed by atoms with van der Waals surface area (Å²) in [7, 11) is 0. The summed E-state index contributed by atoms with van der Waals surface area (Å²) in [5, 5.41) is 0. The van der Waals surface area contributed by atoms with E-state index < -0.39 is 0 Å². The first-order chi connectivity index (χ1) is 7.70. The van der Waals surface area contributed by atoms with Crippen molar-refractivity contribution in [2.75, 3.05) is 0 Å². The molecule has 84 valence electrons. The fraction of sp³-hybridized carbons (Fsp3) is 0.250. The second-order valence-corrected chi connectivity index (χ2v) is 3.48. The van der Waals surface area contributed by atoms with Gasteiger partial charge in [0.15, 0.2) is 0 Å². The minimum absolute atomic E-state index is 0.276. The van der Waals surface area contributed by atoms with Gasteiger partial charge in [0.25, 0.3) is 0 Å². The van der Waals surface area contributed by atoms with Gasteiger partial charge in [-0.2, -0.15) is 0 Å². The first-order valence-electron chi connectivity index (χ1n) is 5.16. The lowest BCUT2D eigenvalue weighted by molar-refractivity contribution is 0.412. The predicted molar refractivity (Wildman–Crippen MR) is 59.1 cm³/mol. The van der Waals surface area contributed by atoms with Gasteiger partial charge in [-0.1, -0.05) is 0 Å². The summed E-state index contributed by atoms with van der Waals surface area (Å²) in [5.74, 6) is 0.309. The molecule has 0 saturated carbocycles. The zero-order chi connectivity index (χ0) is 11.5. The maximum absolute atomic E-state index is 12.7. The maximum Gasteiger partial charge on any atom is 0.302 e. The van der Waals surface area contributed by atoms with Gasteiger partial charge in [-0.15, -0.1) is 0 Å². The van der Waals surface area contributed by atoms with E-state index in [2.05, 4.69) is 4.98 Å². The second kappa shape index (κ2) is 4.35. The van der Waals surface area contributed by atoms with Crippen molar-refractivity contribution < 1.29 is 9.13 Å². The molecule has 1 aromatic carbocycles. The van der Waals surface area contributed by atoms with Gasteiger partial charge in [-0.25, -0.2) is 9.37 Å². The summed E-state index contributed by atoms with van der Waals surface area (Å²) >= 11 is 0. The molecule has 0 unspecified atom stereocenters. The van der Waals surface area contributed by atoms with E-state index in [1.54, 1.807) is 18.3 Å². The second-order valence-electron chi connectivity index (χ2n) is 3.48. The van der Waals surface area contributed by atoms with E-state index >= 15 is 0 Å². The molecule has 0 N–H and O–H groups in total. The number of ether oxygens (including phenoxy) is 1. The molecule has 2 rings (SSSR count). The maximum atomic E-state index is 12.7. The molecular formula is C12H13FN2O. The summed E-state index contributed by atoms with van der Waals surface area (Å²) in [6, 6.07) is 6.42. The lowest BCUT2D eigenvalue weighted by Crippen LogP contribution is -2.00. The van der Waals surface area contributed by atoms with Crippen LogP contribution in [-0.2, 0) is 6.54 Å². The zero-order valence-corrected chi connectivity index (χ0v) is 9.27. The number of hydrogen-bond donors (Lipinski definition) is 0. The summed E-state index contributed by atoms with van der Waals surface area (Å²) < 4.78 is 20.2. The van der Waals surface area contributed by atoms with Crippen molar-refractivity contribution in [2.24, 2.45) is 0 Å². The Morgan fingerprint density at radius 1 is 1.31 bits per heavy atom. The van der Waals surface area contributed by atoms with Crippen LogP contribution >= 0.6 is 0 Å². The normalized spacial score (nSPS) is 10.4. The molecule has 0 fully saturated rings. The largest absolute Gasteiger partial charge is 0.426 e. The molecule has 0 spiro atoms. The van der Waals surface area contributed by atoms with Gasteiger partial charge in [-0.3, -0.25) is 4.57 Å². The topological polar surface area (TPSA) is 27.1 Å². The van der Waals surface area contributed by atoms with Gasteiger partial charge in [0, 0.05) is 12.2 Å². The number of rotatable bonds is 3. The third-order valence-electron chi connectivity index (χ3n) is 2.36. The average molecular weight is 220 g/mol. The third-order valence-corrected chi connectivity index (χ3v) is 2.36. The Balaban J connectivity index is 2.23. The first-order valence-corrected chi connectivity index (χ1v) is 5.16. The van der Waals surface area contributed by atoms with Gasteiger partial charge in [-0.05, 0) is 38.1 Å². The van der Waals surface area contributed by atoms with Crippen molar-refractivity contribution in [1.82, 2.24) is 9.55 Å². The molecule has 0 radical (unpaired) electrons. The van der Waals surface area contributed by atoms with Crippen molar-refractivity contribution in [3.8, 4) is 11.8 Å². The molecule has 0 aliphatic carbocycles. The third kappa shape index (κ3) is 2.05. The van der Waals surface area contributed by atoms with Crippen molar-refractivity contribution >= 4 is 0 Å². The van der Waals surface area contributed by atoms with E-state index in [4.69, 9.17) is 4.74 Å². The fourth-order valence-electron chi connectivity index (χ4n) is 1.51. The minimum atomic E-state index is -0.276. The fourth-order valence-corrected chi connectivity index (χ4v) is 1.51. The molecule has 1 aromatic heterocycles. The quantitative estimate of drug-likeness (QED) is 0.794. The SMILES string of the molecule is CCn1c(C)cnc1Oc1ccc(F)cc1. The van der Waals surface area contributed by atoms with Crippen LogP contribution in [0.4, 0.5) is 4.39 Å². The Labute approximate surface area is 93.5 Å². The Bertz CT molecular complexity index is 476. The highest BCUT2D eigenvalue weighted by molar-refractivity contribution is 5.25. The Hall–Kier alpha value is -1.84. The molecule has 0 aliphatic rings. The highest BCUT2D eigenvalue weighted by Crippen LogP contribution is 2.21. The van der Waals surface area contributed by atoms with Crippen LogP contribution in [0.15, 0.2) is 30.5 Å². The predicted octanol–water partition coefficient (Wildman–Crippen LogP) is 3.14. The van der Waals surface area contributed by atoms with Crippen molar-refractivity contribution in [2.45, 2.75) is 20.4 Å². The van der Waals surface area contributed by atoms with Crippen LogP contribution in [0, 0.1) is 12.7 Å². The van der Waals surface area contributed by atoms with Crippen LogP contribution in [0.2, 0.25) is 0 Å². The van der Waals surface area contributed by atoms with Crippen LogP contribution in [0.3, 0.4) is 0 Å². The number of aromatic nitrogens is 2. The van der Waals surface area contributed by atoms with Gasteiger partial charge in [0.2, 0.25) is 0 Å². The highest BCUT2D eigenvalue weighted by Gasteiger charge is 2.07. The van der Waals surface area contributed by atoms with Crippen LogP contribution in [0.5, 0.6) is 11.8 Å². The van der Waals surface area contributed by atoms with Crippen LogP contribution in [-0.4, -0.2) is 9.55 Å².